The average molecular weight is 253 g/mol. The molecule has 2 heterocycles. The van der Waals surface area contributed by atoms with E-state index in [1.807, 2.05) is 0 Å². The summed E-state index contributed by atoms with van der Waals surface area (Å²) in [6, 6.07) is 1.64. The van der Waals surface area contributed by atoms with Gasteiger partial charge in [-0.05, 0) is 6.07 Å². The zero-order valence-corrected chi connectivity index (χ0v) is 10.3. The molecule has 0 radical (unpaired) electrons. The number of rotatable bonds is 2. The van der Waals surface area contributed by atoms with Crippen molar-refractivity contribution in [3.05, 3.63) is 18.0 Å². The van der Waals surface area contributed by atoms with Gasteiger partial charge in [0.05, 0.1) is 20.3 Å². The standard InChI is InChI=1S/C11H15N3O4/c1-13-8(3-4-12-13)10(15)14-5-6-18-9(7-14)11(16)17-2/h3-4,9H,5-7H2,1-2H3. The molecule has 1 aliphatic rings. The molecule has 1 atom stereocenters. The second-order valence-electron chi connectivity index (χ2n) is 3.97. The van der Waals surface area contributed by atoms with E-state index in [0.717, 1.165) is 0 Å². The summed E-state index contributed by atoms with van der Waals surface area (Å²) in [4.78, 5) is 25.2. The number of morpholine rings is 1. The van der Waals surface area contributed by atoms with Crippen LogP contribution in [0.15, 0.2) is 12.3 Å². The number of hydrogen-bond donors (Lipinski definition) is 0. The maximum absolute atomic E-state index is 12.2. The number of aromatic nitrogens is 2. The van der Waals surface area contributed by atoms with Gasteiger partial charge in [-0.2, -0.15) is 5.10 Å². The molecule has 0 N–H and O–H groups in total. The van der Waals surface area contributed by atoms with Crippen LogP contribution in [0, 0.1) is 0 Å². The highest BCUT2D eigenvalue weighted by atomic mass is 16.6. The SMILES string of the molecule is COC(=O)C1CN(C(=O)c2ccnn2C)CCO1. The molecule has 7 heteroatoms. The molecule has 0 spiro atoms. The number of methoxy groups -OCH3 is 1. The highest BCUT2D eigenvalue weighted by molar-refractivity contribution is 5.93. The number of nitrogens with zero attached hydrogens (tertiary/aromatic N) is 3. The fourth-order valence-corrected chi connectivity index (χ4v) is 1.85. The van der Waals surface area contributed by atoms with Gasteiger partial charge in [0.25, 0.3) is 5.91 Å². The van der Waals surface area contributed by atoms with Gasteiger partial charge in [-0.3, -0.25) is 9.48 Å². The third-order valence-corrected chi connectivity index (χ3v) is 2.86. The first kappa shape index (κ1) is 12.6. The highest BCUT2D eigenvalue weighted by Gasteiger charge is 2.31. The Balaban J connectivity index is 2.07. The molecule has 2 rings (SSSR count). The molecule has 18 heavy (non-hydrogen) atoms. The lowest BCUT2D eigenvalue weighted by molar-refractivity contribution is -0.158. The van der Waals surface area contributed by atoms with E-state index in [9.17, 15) is 9.59 Å². The first-order valence-electron chi connectivity index (χ1n) is 5.60. The van der Waals surface area contributed by atoms with Gasteiger partial charge < -0.3 is 14.4 Å². The molecule has 1 aliphatic heterocycles. The first-order chi connectivity index (χ1) is 8.63. The molecule has 7 nitrogen and oxygen atoms in total. The van der Waals surface area contributed by atoms with E-state index in [1.165, 1.54) is 11.8 Å². The fourth-order valence-electron chi connectivity index (χ4n) is 1.85. The topological polar surface area (TPSA) is 73.7 Å². The number of esters is 1. The Hall–Kier alpha value is -1.89. The summed E-state index contributed by atoms with van der Waals surface area (Å²) in [6.07, 6.45) is 0.854. The molecule has 0 aliphatic carbocycles. The molecular formula is C11H15N3O4. The molecule has 0 aromatic carbocycles. The fraction of sp³-hybridized carbons (Fsp3) is 0.545. The molecule has 1 unspecified atom stereocenters. The average Bonchev–Trinajstić information content (AvgIpc) is 2.83. The van der Waals surface area contributed by atoms with Gasteiger partial charge in [0, 0.05) is 19.8 Å². The van der Waals surface area contributed by atoms with Gasteiger partial charge in [0.1, 0.15) is 5.69 Å². The maximum Gasteiger partial charge on any atom is 0.336 e. The number of carbonyl (C=O) groups is 2. The Morgan fingerprint density at radius 3 is 2.94 bits per heavy atom. The molecule has 1 aromatic rings. The summed E-state index contributed by atoms with van der Waals surface area (Å²) in [6.45, 7) is 0.984. The van der Waals surface area contributed by atoms with Crippen LogP contribution in [0.5, 0.6) is 0 Å². The van der Waals surface area contributed by atoms with Gasteiger partial charge in [0.15, 0.2) is 6.10 Å². The summed E-state index contributed by atoms with van der Waals surface area (Å²) >= 11 is 0. The van der Waals surface area contributed by atoms with E-state index in [1.54, 1.807) is 24.2 Å². The van der Waals surface area contributed by atoms with Crippen molar-refractivity contribution in [1.82, 2.24) is 14.7 Å². The summed E-state index contributed by atoms with van der Waals surface area (Å²) in [5.74, 6) is -0.621. The molecule has 1 amide bonds. The number of aryl methyl sites for hydroxylation is 1. The van der Waals surface area contributed by atoms with Crippen molar-refractivity contribution >= 4 is 11.9 Å². The van der Waals surface area contributed by atoms with E-state index in [-0.39, 0.29) is 12.5 Å². The van der Waals surface area contributed by atoms with Crippen LogP contribution >= 0.6 is 0 Å². The Kier molecular flexibility index (Phi) is 3.61. The summed E-state index contributed by atoms with van der Waals surface area (Å²) < 4.78 is 11.4. The number of ether oxygens (including phenoxy) is 2. The normalized spacial score (nSPS) is 19.7. The molecule has 98 valence electrons. The summed E-state index contributed by atoms with van der Waals surface area (Å²) in [5.41, 5.74) is 0.487. The van der Waals surface area contributed by atoms with Crippen LogP contribution in [-0.4, -0.2) is 59.5 Å². The maximum atomic E-state index is 12.2. The van der Waals surface area contributed by atoms with Crippen molar-refractivity contribution < 1.29 is 19.1 Å². The lowest BCUT2D eigenvalue weighted by Gasteiger charge is -2.31. The quantitative estimate of drug-likeness (QED) is 0.660. The first-order valence-corrected chi connectivity index (χ1v) is 5.60. The summed E-state index contributed by atoms with van der Waals surface area (Å²) in [7, 11) is 3.00. The van der Waals surface area contributed by atoms with Crippen molar-refractivity contribution in [2.75, 3.05) is 26.8 Å². The van der Waals surface area contributed by atoms with Crippen LogP contribution in [0.25, 0.3) is 0 Å². The lowest BCUT2D eigenvalue weighted by atomic mass is 10.2. The molecular weight excluding hydrogens is 238 g/mol. The molecule has 1 saturated heterocycles. The van der Waals surface area contributed by atoms with Crippen molar-refractivity contribution in [2.24, 2.45) is 7.05 Å². The zero-order valence-electron chi connectivity index (χ0n) is 10.3. The lowest BCUT2D eigenvalue weighted by Crippen LogP contribution is -2.49. The minimum Gasteiger partial charge on any atom is -0.467 e. The predicted octanol–water partition coefficient (Wildman–Crippen LogP) is -0.566. The van der Waals surface area contributed by atoms with Gasteiger partial charge in [0.2, 0.25) is 0 Å². The highest BCUT2D eigenvalue weighted by Crippen LogP contribution is 2.11. The monoisotopic (exact) mass is 253 g/mol. The largest absolute Gasteiger partial charge is 0.467 e. The van der Waals surface area contributed by atoms with Crippen LogP contribution in [0.1, 0.15) is 10.5 Å². The molecule has 0 bridgehead atoms. The third-order valence-electron chi connectivity index (χ3n) is 2.86. The Bertz CT molecular complexity index is 457. The Morgan fingerprint density at radius 2 is 2.33 bits per heavy atom. The van der Waals surface area contributed by atoms with Crippen LogP contribution < -0.4 is 0 Å². The molecule has 1 aromatic heterocycles. The van der Waals surface area contributed by atoms with E-state index in [4.69, 9.17) is 4.74 Å². The van der Waals surface area contributed by atoms with Crippen molar-refractivity contribution in [3.8, 4) is 0 Å². The van der Waals surface area contributed by atoms with Gasteiger partial charge in [-0.25, -0.2) is 4.79 Å². The van der Waals surface area contributed by atoms with E-state index < -0.39 is 12.1 Å². The van der Waals surface area contributed by atoms with Crippen molar-refractivity contribution in [2.45, 2.75) is 6.10 Å². The van der Waals surface area contributed by atoms with Crippen LogP contribution in [0.3, 0.4) is 0 Å². The molecule has 0 saturated carbocycles. The van der Waals surface area contributed by atoms with Crippen molar-refractivity contribution in [1.29, 1.82) is 0 Å². The number of amides is 1. The van der Waals surface area contributed by atoms with Crippen LogP contribution in [0.4, 0.5) is 0 Å². The predicted molar refractivity (Wildman–Crippen MR) is 60.9 cm³/mol. The Labute approximate surface area is 104 Å². The second kappa shape index (κ2) is 5.18. The number of hydrogen-bond acceptors (Lipinski definition) is 5. The van der Waals surface area contributed by atoms with Crippen LogP contribution in [0.2, 0.25) is 0 Å². The zero-order chi connectivity index (χ0) is 13.1. The second-order valence-corrected chi connectivity index (χ2v) is 3.97. The number of carbonyl (C=O) groups excluding carboxylic acids is 2. The third kappa shape index (κ3) is 2.35. The smallest absolute Gasteiger partial charge is 0.336 e. The van der Waals surface area contributed by atoms with Gasteiger partial charge in [-0.15, -0.1) is 0 Å². The van der Waals surface area contributed by atoms with E-state index >= 15 is 0 Å². The van der Waals surface area contributed by atoms with E-state index in [0.29, 0.717) is 18.8 Å². The minimum absolute atomic E-state index is 0.160. The van der Waals surface area contributed by atoms with E-state index in [2.05, 4.69) is 9.84 Å². The molecule has 1 fully saturated rings. The minimum atomic E-state index is -0.707. The van der Waals surface area contributed by atoms with Gasteiger partial charge >= 0.3 is 5.97 Å². The van der Waals surface area contributed by atoms with Crippen LogP contribution in [-0.2, 0) is 21.3 Å². The Morgan fingerprint density at radius 1 is 1.56 bits per heavy atom. The van der Waals surface area contributed by atoms with Gasteiger partial charge in [-0.1, -0.05) is 0 Å². The summed E-state index contributed by atoms with van der Waals surface area (Å²) in [5, 5.41) is 3.95. The van der Waals surface area contributed by atoms with Crippen molar-refractivity contribution in [3.63, 3.8) is 0 Å².